The summed E-state index contributed by atoms with van der Waals surface area (Å²) < 4.78 is 5.52. The van der Waals surface area contributed by atoms with Gasteiger partial charge in [0.2, 0.25) is 5.91 Å². The van der Waals surface area contributed by atoms with Crippen LogP contribution in [0.25, 0.3) is 11.3 Å². The first-order valence-electron chi connectivity index (χ1n) is 11.2. The summed E-state index contributed by atoms with van der Waals surface area (Å²) in [5.41, 5.74) is 2.94. The molecule has 1 aromatic heterocycles. The maximum atomic E-state index is 13.5. The summed E-state index contributed by atoms with van der Waals surface area (Å²) in [5.74, 6) is 0.331. The minimum atomic E-state index is -0.252. The van der Waals surface area contributed by atoms with Gasteiger partial charge in [-0.1, -0.05) is 43.2 Å². The number of anilines is 1. The first-order valence-corrected chi connectivity index (χ1v) is 11.2. The Bertz CT molecular complexity index is 1040. The van der Waals surface area contributed by atoms with E-state index in [0.717, 1.165) is 42.7 Å². The number of benzene rings is 2. The van der Waals surface area contributed by atoms with Crippen molar-refractivity contribution in [3.8, 4) is 17.0 Å². The standard InChI is InChI=1S/C26H29N3O3/c1-2-32-22-14-12-21(13-15-22)29(18-25(30)27-20-10-6-7-11-20)26(31)24-17-16-23(28-24)19-8-4-3-5-9-19/h3-5,8-9,12-17,20,28H,2,6-7,10-11,18H2,1H3,(H,27,30). The minimum Gasteiger partial charge on any atom is -0.494 e. The molecule has 2 N–H and O–H groups in total. The molecule has 1 saturated carbocycles. The van der Waals surface area contributed by atoms with Gasteiger partial charge in [0.1, 0.15) is 18.0 Å². The molecule has 1 heterocycles. The molecule has 1 fully saturated rings. The Morgan fingerprint density at radius 3 is 2.41 bits per heavy atom. The smallest absolute Gasteiger partial charge is 0.275 e. The van der Waals surface area contributed by atoms with E-state index in [2.05, 4.69) is 10.3 Å². The van der Waals surface area contributed by atoms with Crippen LogP contribution in [0.3, 0.4) is 0 Å². The first kappa shape index (κ1) is 21.7. The van der Waals surface area contributed by atoms with E-state index >= 15 is 0 Å². The van der Waals surface area contributed by atoms with E-state index in [1.807, 2.05) is 67.6 Å². The lowest BCUT2D eigenvalue weighted by molar-refractivity contribution is -0.120. The number of ether oxygens (including phenoxy) is 1. The molecule has 4 rings (SSSR count). The van der Waals surface area contributed by atoms with Crippen LogP contribution in [-0.4, -0.2) is 36.0 Å². The monoisotopic (exact) mass is 431 g/mol. The van der Waals surface area contributed by atoms with Gasteiger partial charge in [0.15, 0.2) is 0 Å². The zero-order valence-corrected chi connectivity index (χ0v) is 18.3. The van der Waals surface area contributed by atoms with Crippen LogP contribution < -0.4 is 15.0 Å². The Hall–Kier alpha value is -3.54. The quantitative estimate of drug-likeness (QED) is 0.539. The van der Waals surface area contributed by atoms with Crippen molar-refractivity contribution in [1.82, 2.24) is 10.3 Å². The van der Waals surface area contributed by atoms with Crippen LogP contribution >= 0.6 is 0 Å². The topological polar surface area (TPSA) is 74.4 Å². The molecule has 1 aliphatic carbocycles. The molecule has 6 nitrogen and oxygen atoms in total. The maximum absolute atomic E-state index is 13.5. The molecule has 0 bridgehead atoms. The second kappa shape index (κ2) is 10.2. The van der Waals surface area contributed by atoms with Crippen LogP contribution in [0.5, 0.6) is 5.75 Å². The highest BCUT2D eigenvalue weighted by atomic mass is 16.5. The van der Waals surface area contributed by atoms with Crippen LogP contribution in [0.4, 0.5) is 5.69 Å². The van der Waals surface area contributed by atoms with Crippen LogP contribution in [0.1, 0.15) is 43.1 Å². The first-order chi connectivity index (χ1) is 15.6. The van der Waals surface area contributed by atoms with E-state index in [1.54, 1.807) is 6.07 Å². The molecule has 0 unspecified atom stereocenters. The molecular formula is C26H29N3O3. The van der Waals surface area contributed by atoms with Gasteiger partial charge in [0.25, 0.3) is 5.91 Å². The number of carbonyl (C=O) groups excluding carboxylic acids is 2. The fourth-order valence-electron chi connectivity index (χ4n) is 4.11. The molecule has 2 aromatic carbocycles. The largest absolute Gasteiger partial charge is 0.494 e. The van der Waals surface area contributed by atoms with Crippen molar-refractivity contribution in [3.63, 3.8) is 0 Å². The Balaban J connectivity index is 1.56. The molecule has 2 amide bonds. The molecule has 0 spiro atoms. The van der Waals surface area contributed by atoms with Crippen molar-refractivity contribution >= 4 is 17.5 Å². The predicted octanol–water partition coefficient (Wildman–Crippen LogP) is 4.79. The van der Waals surface area contributed by atoms with E-state index < -0.39 is 0 Å². The number of amides is 2. The van der Waals surface area contributed by atoms with Crippen LogP contribution in [-0.2, 0) is 4.79 Å². The van der Waals surface area contributed by atoms with Gasteiger partial charge in [0, 0.05) is 17.4 Å². The summed E-state index contributed by atoms with van der Waals surface area (Å²) in [4.78, 5) is 31.0. The number of hydrogen-bond donors (Lipinski definition) is 2. The van der Waals surface area contributed by atoms with Crippen molar-refractivity contribution in [3.05, 3.63) is 72.4 Å². The van der Waals surface area contributed by atoms with E-state index in [-0.39, 0.29) is 24.4 Å². The Kier molecular flexibility index (Phi) is 6.90. The summed E-state index contributed by atoms with van der Waals surface area (Å²) in [5, 5.41) is 3.08. The van der Waals surface area contributed by atoms with Gasteiger partial charge in [0.05, 0.1) is 6.61 Å². The summed E-state index contributed by atoms with van der Waals surface area (Å²) in [6, 6.07) is 21.0. The lowest BCUT2D eigenvalue weighted by Gasteiger charge is -2.23. The van der Waals surface area contributed by atoms with Crippen molar-refractivity contribution in [1.29, 1.82) is 0 Å². The highest BCUT2D eigenvalue weighted by Gasteiger charge is 2.24. The molecule has 166 valence electrons. The van der Waals surface area contributed by atoms with Gasteiger partial charge >= 0.3 is 0 Å². The number of aromatic amines is 1. The fourth-order valence-corrected chi connectivity index (χ4v) is 4.11. The molecule has 3 aromatic rings. The lowest BCUT2D eigenvalue weighted by atomic mass is 10.2. The maximum Gasteiger partial charge on any atom is 0.275 e. The zero-order chi connectivity index (χ0) is 22.3. The average Bonchev–Trinajstić information content (AvgIpc) is 3.51. The fraction of sp³-hybridized carbons (Fsp3) is 0.308. The SMILES string of the molecule is CCOc1ccc(N(CC(=O)NC2CCCC2)C(=O)c2ccc(-c3ccccc3)[nH]2)cc1. The van der Waals surface area contributed by atoms with Crippen LogP contribution in [0.2, 0.25) is 0 Å². The van der Waals surface area contributed by atoms with Crippen molar-refractivity contribution in [2.75, 3.05) is 18.1 Å². The van der Waals surface area contributed by atoms with Crippen LogP contribution in [0, 0.1) is 0 Å². The van der Waals surface area contributed by atoms with Gasteiger partial charge in [-0.05, 0) is 61.7 Å². The average molecular weight is 432 g/mol. The highest BCUT2D eigenvalue weighted by Crippen LogP contribution is 2.24. The normalized spacial score (nSPS) is 13.7. The van der Waals surface area contributed by atoms with Gasteiger partial charge in [-0.25, -0.2) is 0 Å². The number of nitrogens with zero attached hydrogens (tertiary/aromatic N) is 1. The van der Waals surface area contributed by atoms with Gasteiger partial charge in [-0.15, -0.1) is 0 Å². The Morgan fingerprint density at radius 2 is 1.72 bits per heavy atom. The minimum absolute atomic E-state index is 0.0387. The summed E-state index contributed by atoms with van der Waals surface area (Å²) in [6.07, 6.45) is 4.27. The number of hydrogen-bond acceptors (Lipinski definition) is 3. The third kappa shape index (κ3) is 5.19. The highest BCUT2D eigenvalue weighted by molar-refractivity contribution is 6.08. The molecule has 32 heavy (non-hydrogen) atoms. The second-order valence-corrected chi connectivity index (χ2v) is 8.02. The Labute approximate surface area is 188 Å². The second-order valence-electron chi connectivity index (χ2n) is 8.02. The number of carbonyl (C=O) groups is 2. The third-order valence-corrected chi connectivity index (χ3v) is 5.73. The third-order valence-electron chi connectivity index (χ3n) is 5.73. The van der Waals surface area contributed by atoms with E-state index in [0.29, 0.717) is 18.0 Å². The molecule has 0 aliphatic heterocycles. The van der Waals surface area contributed by atoms with Gasteiger partial charge in [-0.2, -0.15) is 0 Å². The van der Waals surface area contributed by atoms with E-state index in [9.17, 15) is 9.59 Å². The van der Waals surface area contributed by atoms with Crippen molar-refractivity contribution in [2.24, 2.45) is 0 Å². The molecule has 1 aliphatic rings. The van der Waals surface area contributed by atoms with Gasteiger partial charge in [-0.3, -0.25) is 14.5 Å². The van der Waals surface area contributed by atoms with Crippen LogP contribution in [0.15, 0.2) is 66.7 Å². The number of nitrogens with one attached hydrogen (secondary N) is 2. The molecule has 0 atom stereocenters. The predicted molar refractivity (Wildman–Crippen MR) is 126 cm³/mol. The molecular weight excluding hydrogens is 402 g/mol. The zero-order valence-electron chi connectivity index (χ0n) is 18.3. The molecule has 0 radical (unpaired) electrons. The number of H-pyrrole nitrogens is 1. The summed E-state index contributed by atoms with van der Waals surface area (Å²) in [7, 11) is 0. The van der Waals surface area contributed by atoms with Crippen molar-refractivity contribution < 1.29 is 14.3 Å². The van der Waals surface area contributed by atoms with E-state index in [1.165, 1.54) is 4.90 Å². The number of rotatable bonds is 8. The van der Waals surface area contributed by atoms with E-state index in [4.69, 9.17) is 4.74 Å². The summed E-state index contributed by atoms with van der Waals surface area (Å²) in [6.45, 7) is 2.45. The van der Waals surface area contributed by atoms with Crippen molar-refractivity contribution in [2.45, 2.75) is 38.6 Å². The van der Waals surface area contributed by atoms with Gasteiger partial charge < -0.3 is 15.0 Å². The number of aromatic nitrogens is 1. The molecule has 0 saturated heterocycles. The summed E-state index contributed by atoms with van der Waals surface area (Å²) >= 11 is 0. The Morgan fingerprint density at radius 1 is 1.00 bits per heavy atom. The lowest BCUT2D eigenvalue weighted by Crippen LogP contribution is -2.43. The molecule has 6 heteroatoms.